The lowest BCUT2D eigenvalue weighted by Gasteiger charge is -2.30. The number of hydrogen-bond acceptors (Lipinski definition) is 3. The van der Waals surface area contributed by atoms with Crippen LogP contribution in [0.3, 0.4) is 0 Å². The Labute approximate surface area is 110 Å². The molecular weight excluding hydrogens is 246 g/mol. The highest BCUT2D eigenvalue weighted by atomic mass is 32.1. The van der Waals surface area contributed by atoms with E-state index in [1.165, 1.54) is 4.70 Å². The summed E-state index contributed by atoms with van der Waals surface area (Å²) in [6, 6.07) is 7.84. The van der Waals surface area contributed by atoms with Crippen LogP contribution in [0.15, 0.2) is 29.6 Å². The molecule has 2 heterocycles. The van der Waals surface area contributed by atoms with E-state index < -0.39 is 0 Å². The van der Waals surface area contributed by atoms with Crippen LogP contribution in [0.1, 0.15) is 23.2 Å². The highest BCUT2D eigenvalue weighted by Gasteiger charge is 2.23. The molecule has 3 rings (SSSR count). The second kappa shape index (κ2) is 4.71. The van der Waals surface area contributed by atoms with Gasteiger partial charge in [-0.25, -0.2) is 0 Å². The van der Waals surface area contributed by atoms with Crippen LogP contribution in [-0.2, 0) is 0 Å². The number of aliphatic hydroxyl groups is 1. The molecule has 1 aromatic carbocycles. The first-order valence-electron chi connectivity index (χ1n) is 6.18. The second-order valence-electron chi connectivity index (χ2n) is 4.72. The van der Waals surface area contributed by atoms with Gasteiger partial charge in [0.15, 0.2) is 0 Å². The molecule has 0 radical (unpaired) electrons. The fourth-order valence-electron chi connectivity index (χ4n) is 2.42. The summed E-state index contributed by atoms with van der Waals surface area (Å²) < 4.78 is 1.20. The minimum atomic E-state index is -0.368. The molecule has 1 aromatic heterocycles. The van der Waals surface area contributed by atoms with Gasteiger partial charge in [-0.3, -0.25) is 4.79 Å². The second-order valence-corrected chi connectivity index (χ2v) is 5.67. The van der Waals surface area contributed by atoms with Crippen LogP contribution in [0.25, 0.3) is 10.1 Å². The minimum absolute atomic E-state index is 0.0295. The maximum atomic E-state index is 12.3. The first kappa shape index (κ1) is 11.7. The third-order valence-electron chi connectivity index (χ3n) is 3.38. The Morgan fingerprint density at radius 2 is 2.28 bits per heavy atom. The van der Waals surface area contributed by atoms with Crippen molar-refractivity contribution >= 4 is 27.3 Å². The first-order valence-corrected chi connectivity index (χ1v) is 7.06. The number of fused-ring (bicyclic) bond motifs is 1. The molecule has 0 saturated carbocycles. The fourth-order valence-corrected chi connectivity index (χ4v) is 3.19. The molecule has 1 amide bonds. The van der Waals surface area contributed by atoms with Gasteiger partial charge in [-0.15, -0.1) is 11.3 Å². The summed E-state index contributed by atoms with van der Waals surface area (Å²) in [5.74, 6) is 0.0295. The molecule has 1 saturated heterocycles. The molecule has 94 valence electrons. The van der Waals surface area contributed by atoms with Gasteiger partial charge in [0, 0.05) is 23.4 Å². The summed E-state index contributed by atoms with van der Waals surface area (Å²) in [4.78, 5) is 14.1. The molecule has 3 nitrogen and oxygen atoms in total. The molecule has 1 atom stereocenters. The largest absolute Gasteiger partial charge is 0.391 e. The number of β-amino-alcohol motifs (C(OH)–C–C–N with tert-alkyl or cyclic N) is 1. The number of likely N-dealkylation sites (tertiary alicyclic amines) is 1. The molecule has 1 aliphatic rings. The van der Waals surface area contributed by atoms with Gasteiger partial charge in [0.2, 0.25) is 0 Å². The quantitative estimate of drug-likeness (QED) is 0.857. The number of amides is 1. The van der Waals surface area contributed by atoms with Gasteiger partial charge in [0.25, 0.3) is 5.91 Å². The van der Waals surface area contributed by atoms with Crippen molar-refractivity contribution in [2.45, 2.75) is 18.9 Å². The lowest BCUT2D eigenvalue weighted by Crippen LogP contribution is -2.42. The molecule has 0 spiro atoms. The number of aliphatic hydroxyl groups excluding tert-OH is 1. The maximum Gasteiger partial charge on any atom is 0.253 e. The van der Waals surface area contributed by atoms with Gasteiger partial charge in [-0.05, 0) is 47.9 Å². The topological polar surface area (TPSA) is 40.5 Å². The molecule has 2 aromatic rings. The zero-order chi connectivity index (χ0) is 12.5. The Kier molecular flexibility index (Phi) is 3.06. The van der Waals surface area contributed by atoms with Crippen molar-refractivity contribution in [3.05, 3.63) is 35.2 Å². The Balaban J connectivity index is 1.86. The van der Waals surface area contributed by atoms with E-state index in [1.807, 2.05) is 29.6 Å². The summed E-state index contributed by atoms with van der Waals surface area (Å²) in [6.07, 6.45) is 1.31. The number of hydrogen-bond donors (Lipinski definition) is 1. The van der Waals surface area contributed by atoms with Crippen molar-refractivity contribution in [1.82, 2.24) is 4.90 Å². The van der Waals surface area contributed by atoms with E-state index >= 15 is 0 Å². The highest BCUT2D eigenvalue weighted by molar-refractivity contribution is 7.17. The van der Waals surface area contributed by atoms with Gasteiger partial charge in [0.1, 0.15) is 0 Å². The normalized spacial score (nSPS) is 20.3. The summed E-state index contributed by atoms with van der Waals surface area (Å²) >= 11 is 1.68. The summed E-state index contributed by atoms with van der Waals surface area (Å²) in [5, 5.41) is 12.8. The van der Waals surface area contributed by atoms with Crippen molar-refractivity contribution in [2.24, 2.45) is 0 Å². The fraction of sp³-hybridized carbons (Fsp3) is 0.357. The van der Waals surface area contributed by atoms with Crippen LogP contribution in [-0.4, -0.2) is 35.1 Å². The van der Waals surface area contributed by atoms with Gasteiger partial charge in [0.05, 0.1) is 6.10 Å². The van der Waals surface area contributed by atoms with E-state index in [0.717, 1.165) is 30.3 Å². The monoisotopic (exact) mass is 261 g/mol. The standard InChI is InChI=1S/C14H15NO2S/c16-12-2-1-6-15(9-12)14(17)11-3-4-13-10(8-11)5-7-18-13/h3-5,7-8,12,16H,1-2,6,9H2/t12-/m0/s1. The molecule has 1 fully saturated rings. The van der Waals surface area contributed by atoms with E-state index in [9.17, 15) is 9.90 Å². The van der Waals surface area contributed by atoms with E-state index in [4.69, 9.17) is 0 Å². The third-order valence-corrected chi connectivity index (χ3v) is 4.28. The third kappa shape index (κ3) is 2.13. The number of thiophene rings is 1. The Morgan fingerprint density at radius 3 is 3.11 bits per heavy atom. The molecule has 4 heteroatoms. The summed E-state index contributed by atoms with van der Waals surface area (Å²) in [6.45, 7) is 1.21. The number of piperidine rings is 1. The van der Waals surface area contributed by atoms with Crippen LogP contribution >= 0.6 is 11.3 Å². The molecule has 0 aliphatic carbocycles. The lowest BCUT2D eigenvalue weighted by atomic mass is 10.1. The molecular formula is C14H15NO2S. The first-order chi connectivity index (χ1) is 8.74. The zero-order valence-electron chi connectivity index (χ0n) is 10.0. The smallest absolute Gasteiger partial charge is 0.253 e. The Morgan fingerprint density at radius 1 is 1.39 bits per heavy atom. The minimum Gasteiger partial charge on any atom is -0.391 e. The van der Waals surface area contributed by atoms with Crippen LogP contribution in [0.4, 0.5) is 0 Å². The van der Waals surface area contributed by atoms with Crippen molar-refractivity contribution in [1.29, 1.82) is 0 Å². The zero-order valence-corrected chi connectivity index (χ0v) is 10.8. The van der Waals surface area contributed by atoms with Crippen LogP contribution in [0.2, 0.25) is 0 Å². The number of carbonyl (C=O) groups excluding carboxylic acids is 1. The number of benzene rings is 1. The molecule has 0 unspecified atom stereocenters. The number of nitrogens with zero attached hydrogens (tertiary/aromatic N) is 1. The molecule has 1 aliphatic heterocycles. The predicted molar refractivity (Wildman–Crippen MR) is 73.0 cm³/mol. The highest BCUT2D eigenvalue weighted by Crippen LogP contribution is 2.23. The van der Waals surface area contributed by atoms with E-state index in [0.29, 0.717) is 6.54 Å². The SMILES string of the molecule is O=C(c1ccc2sccc2c1)N1CCC[C@H](O)C1. The lowest BCUT2D eigenvalue weighted by molar-refractivity contribution is 0.0474. The van der Waals surface area contributed by atoms with E-state index in [1.54, 1.807) is 16.2 Å². The number of carbonyl (C=O) groups is 1. The molecule has 18 heavy (non-hydrogen) atoms. The Bertz CT molecular complexity index is 578. The van der Waals surface area contributed by atoms with Crippen LogP contribution in [0, 0.1) is 0 Å². The predicted octanol–water partition coefficient (Wildman–Crippen LogP) is 2.50. The maximum absolute atomic E-state index is 12.3. The summed E-state index contributed by atoms with van der Waals surface area (Å²) in [5.41, 5.74) is 0.718. The van der Waals surface area contributed by atoms with Gasteiger partial charge in [-0.1, -0.05) is 0 Å². The van der Waals surface area contributed by atoms with Crippen LogP contribution < -0.4 is 0 Å². The molecule has 0 bridgehead atoms. The summed E-state index contributed by atoms with van der Waals surface area (Å²) in [7, 11) is 0. The van der Waals surface area contributed by atoms with Crippen LogP contribution in [0.5, 0.6) is 0 Å². The molecule has 1 N–H and O–H groups in total. The van der Waals surface area contributed by atoms with E-state index in [2.05, 4.69) is 0 Å². The van der Waals surface area contributed by atoms with Crippen molar-refractivity contribution < 1.29 is 9.90 Å². The van der Waals surface area contributed by atoms with Gasteiger partial charge >= 0.3 is 0 Å². The van der Waals surface area contributed by atoms with Crippen molar-refractivity contribution in [2.75, 3.05) is 13.1 Å². The average molecular weight is 261 g/mol. The van der Waals surface area contributed by atoms with E-state index in [-0.39, 0.29) is 12.0 Å². The van der Waals surface area contributed by atoms with Gasteiger partial charge < -0.3 is 10.0 Å². The van der Waals surface area contributed by atoms with Gasteiger partial charge in [-0.2, -0.15) is 0 Å². The van der Waals surface area contributed by atoms with Crippen molar-refractivity contribution in [3.8, 4) is 0 Å². The Hall–Kier alpha value is -1.39. The number of rotatable bonds is 1. The van der Waals surface area contributed by atoms with Crippen molar-refractivity contribution in [3.63, 3.8) is 0 Å². The average Bonchev–Trinajstić information content (AvgIpc) is 2.85.